The molecule has 0 unspecified atom stereocenters. The molecule has 3 nitrogen and oxygen atoms in total. The highest BCUT2D eigenvalue weighted by Gasteiger charge is 2.59. The number of allylic oxidation sites excluding steroid dienone is 1. The molecule has 2 aliphatic heterocycles. The lowest BCUT2D eigenvalue weighted by molar-refractivity contribution is -0.0788. The Bertz CT molecular complexity index is 868. The Labute approximate surface area is 216 Å². The summed E-state index contributed by atoms with van der Waals surface area (Å²) in [5.41, 5.74) is 5.70. The van der Waals surface area contributed by atoms with E-state index in [0.29, 0.717) is 23.5 Å². The minimum Gasteiger partial charge on any atom is -0.369 e. The van der Waals surface area contributed by atoms with Gasteiger partial charge in [0.15, 0.2) is 0 Å². The van der Waals surface area contributed by atoms with Crippen molar-refractivity contribution in [3.05, 3.63) is 11.1 Å². The first-order chi connectivity index (χ1) is 15.8. The van der Waals surface area contributed by atoms with Gasteiger partial charge in [-0.15, -0.1) is 0 Å². The van der Waals surface area contributed by atoms with Gasteiger partial charge in [0.2, 0.25) is 0 Å². The van der Waals surface area contributed by atoms with Crippen molar-refractivity contribution in [1.82, 2.24) is 4.90 Å². The van der Waals surface area contributed by atoms with Gasteiger partial charge in [0.25, 0.3) is 0 Å². The van der Waals surface area contributed by atoms with Crippen LogP contribution in [0.2, 0.25) is 0 Å². The minimum atomic E-state index is 0.0855. The molecule has 5 fully saturated rings. The number of likely N-dealkylation sites (tertiary alicyclic amines) is 1. The molecule has 6 aliphatic rings. The highest BCUT2D eigenvalue weighted by Crippen LogP contribution is 2.65. The summed E-state index contributed by atoms with van der Waals surface area (Å²) in [5.74, 6) is 4.94. The molecule has 0 amide bonds. The van der Waals surface area contributed by atoms with Crippen LogP contribution in [0.3, 0.4) is 0 Å². The molecule has 33 heavy (non-hydrogen) atoms. The molecule has 0 radical (unpaired) electrons. The van der Waals surface area contributed by atoms with E-state index >= 15 is 0 Å². The SMILES string of the molecule is CC1=C2C[C@H]3[C@@H](CC[C@@H]4CC(=NI)CC[C@@]43C)[C@@H]2CC[C@@]2(C1)O[C@@H]1C[C@H](C)CN(C)[C@H]1[C@H]2C. The van der Waals surface area contributed by atoms with Crippen LogP contribution in [0.4, 0.5) is 0 Å². The van der Waals surface area contributed by atoms with E-state index in [2.05, 4.69) is 65.7 Å². The Hall–Kier alpha value is 0.0600. The van der Waals surface area contributed by atoms with Crippen LogP contribution in [0.5, 0.6) is 0 Å². The second kappa shape index (κ2) is 8.30. The second-order valence-corrected chi connectivity index (χ2v) is 14.0. The van der Waals surface area contributed by atoms with E-state index < -0.39 is 0 Å². The van der Waals surface area contributed by atoms with Crippen LogP contribution in [-0.4, -0.2) is 42.0 Å². The third-order valence-corrected chi connectivity index (χ3v) is 12.6. The zero-order chi connectivity index (χ0) is 23.1. The largest absolute Gasteiger partial charge is 0.369 e. The molecule has 0 N–H and O–H groups in total. The smallest absolute Gasteiger partial charge is 0.0830 e. The molecular weight excluding hydrogens is 519 g/mol. The molecule has 0 aromatic rings. The maximum atomic E-state index is 7.14. The third-order valence-electron chi connectivity index (χ3n) is 11.9. The fourth-order valence-electron chi connectivity index (χ4n) is 10.3. The van der Waals surface area contributed by atoms with Gasteiger partial charge in [-0.25, -0.2) is 3.21 Å². The van der Waals surface area contributed by atoms with Crippen LogP contribution in [0.25, 0.3) is 0 Å². The van der Waals surface area contributed by atoms with Crippen LogP contribution < -0.4 is 0 Å². The zero-order valence-electron chi connectivity index (χ0n) is 21.6. The normalized spacial score (nSPS) is 53.6. The van der Waals surface area contributed by atoms with E-state index in [0.717, 1.165) is 29.6 Å². The number of hydrogen-bond donors (Lipinski definition) is 0. The minimum absolute atomic E-state index is 0.0855. The first kappa shape index (κ1) is 23.5. The average Bonchev–Trinajstić information content (AvgIpc) is 3.23. The Morgan fingerprint density at radius 2 is 1.94 bits per heavy atom. The van der Waals surface area contributed by atoms with Crippen molar-refractivity contribution in [2.45, 2.75) is 110 Å². The number of hydrogen-bond acceptors (Lipinski definition) is 3. The lowest BCUT2D eigenvalue weighted by Crippen LogP contribution is -2.49. The Morgan fingerprint density at radius 1 is 1.12 bits per heavy atom. The lowest BCUT2D eigenvalue weighted by Gasteiger charge is -2.52. The monoisotopic (exact) mass is 564 g/mol. The van der Waals surface area contributed by atoms with Crippen LogP contribution >= 0.6 is 22.9 Å². The Kier molecular flexibility index (Phi) is 5.90. The van der Waals surface area contributed by atoms with Gasteiger partial charge >= 0.3 is 0 Å². The molecule has 184 valence electrons. The molecule has 6 rings (SSSR count). The maximum absolute atomic E-state index is 7.14. The van der Waals surface area contributed by atoms with Crippen molar-refractivity contribution in [2.24, 2.45) is 44.1 Å². The molecule has 2 heterocycles. The summed E-state index contributed by atoms with van der Waals surface area (Å²) < 4.78 is 11.7. The second-order valence-electron chi connectivity index (χ2n) is 13.5. The summed E-state index contributed by atoms with van der Waals surface area (Å²) in [6, 6.07) is 0.620. The van der Waals surface area contributed by atoms with E-state index in [9.17, 15) is 0 Å². The van der Waals surface area contributed by atoms with Crippen LogP contribution in [0.1, 0.15) is 91.9 Å². The summed E-state index contributed by atoms with van der Waals surface area (Å²) in [7, 11) is 2.35. The molecular formula is C29H45IN2O. The molecule has 2 saturated heterocycles. The van der Waals surface area contributed by atoms with Crippen molar-refractivity contribution in [3.63, 3.8) is 0 Å². The Balaban J connectivity index is 1.27. The van der Waals surface area contributed by atoms with Crippen LogP contribution in [-0.2, 0) is 4.74 Å². The summed E-state index contributed by atoms with van der Waals surface area (Å²) in [5, 5.41) is 0. The Morgan fingerprint density at radius 3 is 2.73 bits per heavy atom. The summed E-state index contributed by atoms with van der Waals surface area (Å²) in [6.07, 6.45) is 13.7. The first-order valence-electron chi connectivity index (χ1n) is 14.0. The van der Waals surface area contributed by atoms with E-state index in [1.165, 1.54) is 76.5 Å². The molecule has 10 atom stereocenters. The zero-order valence-corrected chi connectivity index (χ0v) is 23.7. The van der Waals surface area contributed by atoms with Crippen LogP contribution in [0, 0.1) is 40.9 Å². The van der Waals surface area contributed by atoms with E-state index in [1.807, 2.05) is 5.57 Å². The number of ether oxygens (including phenoxy) is 1. The molecule has 1 spiro atoms. The van der Waals surface area contributed by atoms with E-state index in [1.54, 1.807) is 5.57 Å². The van der Waals surface area contributed by atoms with Gasteiger partial charge in [-0.2, -0.15) is 0 Å². The summed E-state index contributed by atoms with van der Waals surface area (Å²) >= 11 is 2.24. The van der Waals surface area contributed by atoms with Gasteiger partial charge in [-0.05, 0) is 113 Å². The molecule has 4 heteroatoms. The number of nitrogens with zero attached hydrogens (tertiary/aromatic N) is 2. The maximum Gasteiger partial charge on any atom is 0.0830 e. The first-order valence-corrected chi connectivity index (χ1v) is 15.0. The molecule has 0 aromatic heterocycles. The van der Waals surface area contributed by atoms with E-state index in [4.69, 9.17) is 4.74 Å². The number of fused-ring (bicyclic) bond motifs is 6. The van der Waals surface area contributed by atoms with Gasteiger partial charge in [0.05, 0.1) is 34.6 Å². The van der Waals surface area contributed by atoms with Crippen molar-refractivity contribution in [3.8, 4) is 0 Å². The van der Waals surface area contributed by atoms with Gasteiger partial charge < -0.3 is 9.64 Å². The highest BCUT2D eigenvalue weighted by molar-refractivity contribution is 14.1. The summed E-state index contributed by atoms with van der Waals surface area (Å²) in [6.45, 7) is 11.3. The van der Waals surface area contributed by atoms with Gasteiger partial charge in [-0.3, -0.25) is 0 Å². The third kappa shape index (κ3) is 3.49. The van der Waals surface area contributed by atoms with Gasteiger partial charge in [0.1, 0.15) is 0 Å². The highest BCUT2D eigenvalue weighted by atomic mass is 127. The molecule has 0 aromatic carbocycles. The van der Waals surface area contributed by atoms with Crippen molar-refractivity contribution in [1.29, 1.82) is 0 Å². The van der Waals surface area contributed by atoms with Crippen molar-refractivity contribution >= 4 is 28.6 Å². The summed E-state index contributed by atoms with van der Waals surface area (Å²) in [4.78, 5) is 2.64. The van der Waals surface area contributed by atoms with Gasteiger partial charge in [-0.1, -0.05) is 31.9 Å². The quantitative estimate of drug-likeness (QED) is 0.229. The average molecular weight is 565 g/mol. The number of likely N-dealkylation sites (N-methyl/N-ethyl adjacent to an activating group) is 1. The number of piperidine rings is 1. The van der Waals surface area contributed by atoms with Crippen molar-refractivity contribution in [2.75, 3.05) is 13.6 Å². The van der Waals surface area contributed by atoms with Crippen molar-refractivity contribution < 1.29 is 4.74 Å². The number of rotatable bonds is 0. The molecule has 4 aliphatic carbocycles. The topological polar surface area (TPSA) is 24.8 Å². The molecule has 0 bridgehead atoms. The van der Waals surface area contributed by atoms with Crippen LogP contribution in [0.15, 0.2) is 14.4 Å². The number of halogens is 1. The predicted molar refractivity (Wildman–Crippen MR) is 145 cm³/mol. The fourth-order valence-corrected chi connectivity index (χ4v) is 10.7. The van der Waals surface area contributed by atoms with Gasteiger partial charge in [0, 0.05) is 24.2 Å². The van der Waals surface area contributed by atoms with E-state index in [-0.39, 0.29) is 5.60 Å². The fraction of sp³-hybridized carbons (Fsp3) is 0.897. The lowest BCUT2D eigenvalue weighted by atomic mass is 9.52. The molecule has 3 saturated carbocycles. The predicted octanol–water partition coefficient (Wildman–Crippen LogP) is 7.24. The standard InChI is InChI=1S/C29H45IN2O/c1-17-12-26-27(32(5)16-17)19(3)29(33-26)11-9-22-23-7-6-20-13-21(31-30)8-10-28(20,4)25(23)14-24(22)18(2)15-29/h17,19-20,22-23,25-27H,6-16H2,1-5H3/t17-,19+,20+,22-,23-,25-,26+,27-,28-,29-/m0/s1.